The molecule has 0 aliphatic carbocycles. The fourth-order valence-electron chi connectivity index (χ4n) is 6.54. The zero-order valence-corrected chi connectivity index (χ0v) is 30.7. The summed E-state index contributed by atoms with van der Waals surface area (Å²) in [4.78, 5) is 49.0. The van der Waals surface area contributed by atoms with Gasteiger partial charge in [0.05, 0.1) is 56.4 Å². The molecule has 0 aromatic carbocycles. The predicted octanol–water partition coefficient (Wildman–Crippen LogP) is 2.18. The minimum absolute atomic E-state index is 0.00278. The van der Waals surface area contributed by atoms with Crippen molar-refractivity contribution in [1.82, 2.24) is 39.0 Å². The highest BCUT2D eigenvalue weighted by molar-refractivity contribution is 7.86. The Morgan fingerprint density at radius 1 is 1.11 bits per heavy atom. The monoisotopic (exact) mass is 776 g/mol. The van der Waals surface area contributed by atoms with Gasteiger partial charge in [0.1, 0.15) is 36.4 Å². The molecular weight excluding hydrogens is 739 g/mol. The average Bonchev–Trinajstić information content (AvgIpc) is 3.87. The first-order chi connectivity index (χ1) is 25.3. The number of phosphoric ester groups is 1. The van der Waals surface area contributed by atoms with E-state index in [0.29, 0.717) is 11.2 Å². The van der Waals surface area contributed by atoms with E-state index in [0.717, 1.165) is 0 Å². The number of nitrogens with zero attached hydrogens (tertiary/aromatic N) is 8. The van der Waals surface area contributed by atoms with Crippen molar-refractivity contribution < 1.29 is 45.0 Å². The van der Waals surface area contributed by atoms with Crippen LogP contribution in [0, 0.1) is 29.1 Å². The van der Waals surface area contributed by atoms with Gasteiger partial charge >= 0.3 is 7.82 Å². The summed E-state index contributed by atoms with van der Waals surface area (Å²) in [6.45, 7) is 5.95. The molecule has 3 fully saturated rings. The van der Waals surface area contributed by atoms with Gasteiger partial charge in [0.2, 0.25) is 11.9 Å². The minimum Gasteiger partial charge on any atom is -0.351 e. The summed E-state index contributed by atoms with van der Waals surface area (Å²) < 4.78 is 80.9. The molecule has 1 amide bonds. The maximum atomic E-state index is 14.5. The Labute approximate surface area is 302 Å². The number of nitrogens with one attached hydrogen (secondary N) is 2. The molecule has 2 N–H and O–H groups in total. The molecule has 3 saturated heterocycles. The third-order valence-corrected chi connectivity index (χ3v) is 12.1. The van der Waals surface area contributed by atoms with Crippen LogP contribution in [0.3, 0.4) is 0 Å². The number of aromatic nitrogens is 8. The summed E-state index contributed by atoms with van der Waals surface area (Å²) in [5.74, 6) is -2.68. The number of aromatic amines is 1. The molecule has 53 heavy (non-hydrogen) atoms. The van der Waals surface area contributed by atoms with Gasteiger partial charge in [-0.3, -0.25) is 46.8 Å². The number of H-pyrrole nitrogens is 1. The first-order valence-electron chi connectivity index (χ1n) is 16.8. The Kier molecular flexibility index (Phi) is 10.2. The number of imidazole rings is 2. The van der Waals surface area contributed by atoms with Crippen LogP contribution in [0.5, 0.6) is 0 Å². The van der Waals surface area contributed by atoms with E-state index in [1.54, 1.807) is 32.3 Å². The number of rotatable bonds is 7. The third kappa shape index (κ3) is 7.35. The van der Waals surface area contributed by atoms with Crippen LogP contribution in [0.25, 0.3) is 22.3 Å². The lowest BCUT2D eigenvalue weighted by molar-refractivity contribution is -0.118. The van der Waals surface area contributed by atoms with E-state index in [9.17, 15) is 27.8 Å². The van der Waals surface area contributed by atoms with Gasteiger partial charge in [0.25, 0.3) is 15.7 Å². The zero-order chi connectivity index (χ0) is 37.7. The number of ether oxygens (including phenoxy) is 2. The normalized spacial score (nSPS) is 31.8. The summed E-state index contributed by atoms with van der Waals surface area (Å²) in [5, 5.41) is 11.8. The molecule has 4 aromatic rings. The largest absolute Gasteiger partial charge is 0.475 e. The highest BCUT2D eigenvalue weighted by Gasteiger charge is 2.52. The molecule has 4 aromatic heterocycles. The van der Waals surface area contributed by atoms with Crippen molar-refractivity contribution in [3.8, 4) is 6.07 Å². The maximum Gasteiger partial charge on any atom is 0.475 e. The molecule has 0 saturated carbocycles. The Morgan fingerprint density at radius 2 is 1.87 bits per heavy atom. The number of nitriles is 1. The van der Waals surface area contributed by atoms with Gasteiger partial charge in [-0.2, -0.15) is 18.7 Å². The van der Waals surface area contributed by atoms with E-state index in [2.05, 4.69) is 35.2 Å². The number of hydrogen-bond donors (Lipinski definition) is 2. The first kappa shape index (κ1) is 37.1. The fourth-order valence-corrected chi connectivity index (χ4v) is 9.22. The lowest BCUT2D eigenvalue weighted by atomic mass is 9.99. The maximum absolute atomic E-state index is 14.5. The smallest absolute Gasteiger partial charge is 0.351 e. The molecule has 9 atom stereocenters. The van der Waals surface area contributed by atoms with Crippen LogP contribution in [0.2, 0.25) is 0 Å². The Hall–Kier alpha value is -4.20. The van der Waals surface area contributed by atoms with E-state index < -0.39 is 96.4 Å². The number of hydrogen-bond acceptors (Lipinski definition) is 17. The standard InChI is InChI=1S/C30H37N10O11PS/c1-15(2)26(41)37-30-36-25-21(27(42)38-30)35-14-40(25)29-23-16(3)19(48-29)6-9-53(44,45)51-22-17(4)28(39-13-34-18-10-32-12-33-24(18)39)49-20(22)11-47-52(43,50-23)46-8-5-7-31/h10,12-17,19-20,22-23,28-29H,5-6,8-9,11H2,1-4H3,(H2,36,37,38,41,42)/t16-,17-,19-,20-,22+,23-,28-,29-,52?/m1/s1. The van der Waals surface area contributed by atoms with Crippen LogP contribution >= 0.6 is 7.82 Å². The van der Waals surface area contributed by atoms with Crippen LogP contribution in [-0.2, 0) is 46.7 Å². The van der Waals surface area contributed by atoms with Crippen LogP contribution in [0.4, 0.5) is 5.95 Å². The van der Waals surface area contributed by atoms with Gasteiger partial charge in [-0.05, 0) is 6.42 Å². The van der Waals surface area contributed by atoms with E-state index in [1.807, 2.05) is 6.07 Å². The molecule has 3 aliphatic heterocycles. The molecule has 7 heterocycles. The molecule has 3 aliphatic rings. The number of amides is 1. The summed E-state index contributed by atoms with van der Waals surface area (Å²) >= 11 is 0. The first-order valence-corrected chi connectivity index (χ1v) is 19.9. The fraction of sp³-hybridized carbons (Fsp3) is 0.600. The van der Waals surface area contributed by atoms with Crippen molar-refractivity contribution in [2.45, 2.75) is 77.4 Å². The number of fused-ring (bicyclic) bond motifs is 5. The molecule has 2 bridgehead atoms. The van der Waals surface area contributed by atoms with E-state index in [1.165, 1.54) is 29.7 Å². The lowest BCUT2D eigenvalue weighted by Gasteiger charge is -2.28. The van der Waals surface area contributed by atoms with Crippen molar-refractivity contribution in [1.29, 1.82) is 5.26 Å². The highest BCUT2D eigenvalue weighted by atomic mass is 32.2. The molecule has 284 valence electrons. The van der Waals surface area contributed by atoms with Crippen molar-refractivity contribution in [3.05, 3.63) is 35.5 Å². The van der Waals surface area contributed by atoms with Crippen LogP contribution in [0.15, 0.2) is 30.0 Å². The van der Waals surface area contributed by atoms with E-state index in [4.69, 9.17) is 27.2 Å². The van der Waals surface area contributed by atoms with Crippen LogP contribution in [-0.4, -0.2) is 96.7 Å². The van der Waals surface area contributed by atoms with Gasteiger partial charge in [0, 0.05) is 17.8 Å². The Morgan fingerprint density at radius 3 is 2.64 bits per heavy atom. The zero-order valence-electron chi connectivity index (χ0n) is 29.0. The summed E-state index contributed by atoms with van der Waals surface area (Å²) in [5.41, 5.74) is 0.181. The predicted molar refractivity (Wildman–Crippen MR) is 181 cm³/mol. The average molecular weight is 777 g/mol. The summed E-state index contributed by atoms with van der Waals surface area (Å²) in [7, 11) is -8.83. The molecule has 7 rings (SSSR count). The van der Waals surface area contributed by atoms with E-state index in [-0.39, 0.29) is 36.6 Å². The molecule has 0 spiro atoms. The third-order valence-electron chi connectivity index (χ3n) is 9.35. The summed E-state index contributed by atoms with van der Waals surface area (Å²) in [6.07, 6.45) is -0.791. The van der Waals surface area contributed by atoms with Crippen LogP contribution < -0.4 is 10.9 Å². The quantitative estimate of drug-likeness (QED) is 0.155. The van der Waals surface area contributed by atoms with Crippen molar-refractivity contribution >= 4 is 52.1 Å². The van der Waals surface area contributed by atoms with Gasteiger partial charge in [-0.1, -0.05) is 27.7 Å². The number of carbonyl (C=O) groups is 1. The molecule has 23 heteroatoms. The summed E-state index contributed by atoms with van der Waals surface area (Å²) in [6, 6.07) is 1.92. The lowest BCUT2D eigenvalue weighted by Crippen LogP contribution is -2.35. The topological polar surface area (TPSA) is 267 Å². The second-order valence-electron chi connectivity index (χ2n) is 13.3. The number of anilines is 1. The molecule has 21 nitrogen and oxygen atoms in total. The second kappa shape index (κ2) is 14.6. The molecule has 1 unspecified atom stereocenters. The minimum atomic E-state index is -4.60. The highest BCUT2D eigenvalue weighted by Crippen LogP contribution is 2.56. The number of phosphoric acid groups is 1. The van der Waals surface area contributed by atoms with Crippen LogP contribution in [0.1, 0.15) is 53.0 Å². The van der Waals surface area contributed by atoms with E-state index >= 15 is 0 Å². The van der Waals surface area contributed by atoms with Crippen molar-refractivity contribution in [2.24, 2.45) is 17.8 Å². The molecule has 0 radical (unpaired) electrons. The van der Waals surface area contributed by atoms with Crippen molar-refractivity contribution in [3.63, 3.8) is 0 Å². The number of carbonyl (C=O) groups excluding carboxylic acids is 1. The van der Waals surface area contributed by atoms with Gasteiger partial charge in [-0.15, -0.1) is 0 Å². The molecular formula is C30H37N10O11PS. The Balaban J connectivity index is 1.24. The Bertz CT molecular complexity index is 2270. The van der Waals surface area contributed by atoms with Crippen molar-refractivity contribution in [2.75, 3.05) is 24.3 Å². The van der Waals surface area contributed by atoms with Gasteiger partial charge < -0.3 is 9.47 Å². The second-order valence-corrected chi connectivity index (χ2v) is 16.6. The van der Waals surface area contributed by atoms with Gasteiger partial charge in [-0.25, -0.2) is 24.5 Å². The SMILES string of the molecule is CC(C)C(=O)Nc1nc2c(ncn2[C@@H]2O[C@@H]3CCS(=O)(=O)O[C@H]4[C@@H](C)[C@H](n5cnc6cncnc65)O[C@@H]4COP(=O)(OCCC#N)O[C@@H]2[C@@H]3C)c(=O)[nH]1. The van der Waals surface area contributed by atoms with Gasteiger partial charge in [0.15, 0.2) is 23.0 Å².